The number of aromatic nitrogens is 6. The Balaban J connectivity index is 1.24. The van der Waals surface area contributed by atoms with Gasteiger partial charge in [-0.2, -0.15) is 0 Å². The molecule has 0 aromatic carbocycles. The molecule has 0 saturated carbocycles. The van der Waals surface area contributed by atoms with E-state index >= 15 is 0 Å². The Labute approximate surface area is 231 Å². The summed E-state index contributed by atoms with van der Waals surface area (Å²) in [6, 6.07) is 15.9. The summed E-state index contributed by atoms with van der Waals surface area (Å²) in [5, 5.41) is 14.3. The van der Waals surface area contributed by atoms with Crippen molar-refractivity contribution in [2.45, 2.75) is 31.8 Å². The van der Waals surface area contributed by atoms with E-state index in [0.717, 1.165) is 44.2 Å². The molecule has 11 nitrogen and oxygen atoms in total. The van der Waals surface area contributed by atoms with Gasteiger partial charge in [0.15, 0.2) is 5.76 Å². The van der Waals surface area contributed by atoms with Crippen molar-refractivity contribution >= 4 is 24.0 Å². The van der Waals surface area contributed by atoms with Crippen molar-refractivity contribution in [1.29, 1.82) is 0 Å². The lowest BCUT2D eigenvalue weighted by atomic mass is 10.2. The first-order chi connectivity index (χ1) is 19.9. The molecule has 3 atom stereocenters. The highest BCUT2D eigenvalue weighted by Crippen LogP contribution is 2.28. The fourth-order valence-corrected chi connectivity index (χ4v) is 5.26. The Morgan fingerprint density at radius 3 is 2.27 bits per heavy atom. The van der Waals surface area contributed by atoms with E-state index in [1.807, 2.05) is 60.7 Å². The second-order valence-electron chi connectivity index (χ2n) is 10.4. The third kappa shape index (κ3) is 4.92. The number of ether oxygens (including phenoxy) is 2. The number of H-pyrrole nitrogens is 5. The van der Waals surface area contributed by atoms with Crippen molar-refractivity contribution in [2.75, 3.05) is 6.61 Å². The third-order valence-electron chi connectivity index (χ3n) is 7.35. The van der Waals surface area contributed by atoms with E-state index in [0.29, 0.717) is 11.3 Å². The molecule has 5 aromatic heterocycles. The largest absolute Gasteiger partial charge is 0.486 e. The predicted molar refractivity (Wildman–Crippen MR) is 151 cm³/mol. The average molecular weight is 553 g/mol. The standard InChI is InChI=1S/C30H28N6O5/c1-16-14-36(30(39)35-29(16)38)27-13-25(37)26(41-27)15-40-28-23-8-6-21(33-23)11-19-4-2-17(31-19)10-18-3-5-20(32-18)12-22-7-9-24(28)34-22/h2-12,14,25-27,31-34,37H,13,15H2,1H3,(H,35,38,39)/t25-,26+,27+/m0/s1. The Kier molecular flexibility index (Phi) is 6.02. The number of aliphatic hydroxyl groups excluding tert-OH is 1. The number of hydrogen-bond acceptors (Lipinski definition) is 5. The number of nitrogens with zero attached hydrogens (tertiary/aromatic N) is 1. The van der Waals surface area contributed by atoms with E-state index in [1.54, 1.807) is 6.92 Å². The minimum Gasteiger partial charge on any atom is -0.486 e. The van der Waals surface area contributed by atoms with Crippen LogP contribution in [0, 0.1) is 6.92 Å². The van der Waals surface area contributed by atoms with E-state index in [9.17, 15) is 14.7 Å². The molecular formula is C30H28N6O5. The summed E-state index contributed by atoms with van der Waals surface area (Å²) in [5.41, 5.74) is 2.90. The van der Waals surface area contributed by atoms with Gasteiger partial charge in [-0.05, 0) is 73.7 Å². The molecule has 2 aliphatic rings. The number of aryl methyl sites for hydroxylation is 1. The van der Waals surface area contributed by atoms with Crippen molar-refractivity contribution < 1.29 is 14.6 Å². The van der Waals surface area contributed by atoms with Crippen LogP contribution in [0.25, 0.3) is 24.0 Å². The van der Waals surface area contributed by atoms with Crippen LogP contribution < -0.4 is 32.6 Å². The third-order valence-corrected chi connectivity index (χ3v) is 7.35. The lowest BCUT2D eigenvalue weighted by Gasteiger charge is -2.18. The van der Waals surface area contributed by atoms with Crippen molar-refractivity contribution in [1.82, 2.24) is 29.5 Å². The quantitative estimate of drug-likeness (QED) is 0.177. The van der Waals surface area contributed by atoms with E-state index in [1.165, 1.54) is 10.8 Å². The summed E-state index contributed by atoms with van der Waals surface area (Å²) >= 11 is 0. The monoisotopic (exact) mass is 552 g/mol. The van der Waals surface area contributed by atoms with Crippen LogP contribution in [-0.2, 0) is 9.47 Å². The van der Waals surface area contributed by atoms with Gasteiger partial charge < -0.3 is 34.5 Å². The van der Waals surface area contributed by atoms with Crippen LogP contribution in [0.3, 0.4) is 0 Å². The highest BCUT2D eigenvalue weighted by molar-refractivity contribution is 5.60. The van der Waals surface area contributed by atoms with Crippen LogP contribution in [0.5, 0.6) is 0 Å². The van der Waals surface area contributed by atoms with Gasteiger partial charge in [0.05, 0.1) is 17.1 Å². The fraction of sp³-hybridized carbons (Fsp3) is 0.200. The minimum absolute atomic E-state index is 0.0377. The van der Waals surface area contributed by atoms with Gasteiger partial charge in [0, 0.05) is 51.3 Å². The molecule has 0 aliphatic carbocycles. The summed E-state index contributed by atoms with van der Waals surface area (Å²) in [7, 11) is 0. The summed E-state index contributed by atoms with van der Waals surface area (Å²) in [4.78, 5) is 40.1. The zero-order chi connectivity index (χ0) is 28.1. The van der Waals surface area contributed by atoms with Crippen molar-refractivity contribution in [3.05, 3.63) is 125 Å². The molecule has 7 heterocycles. The van der Waals surface area contributed by atoms with Crippen molar-refractivity contribution in [3.63, 3.8) is 0 Å². The molecule has 5 aromatic rings. The van der Waals surface area contributed by atoms with E-state index in [2.05, 4.69) is 31.0 Å². The molecule has 1 saturated heterocycles. The van der Waals surface area contributed by atoms with Crippen LogP contribution in [-0.4, -0.2) is 53.4 Å². The SMILES string of the molecule is Cc1cn([C@H]2C[C@H](O)[C@@H](COC3=c4ccc([nH]4)=Cc4ccc([nH]4)C=c4ccc([nH]4)=Cc4ccc3[nH]4)O2)c(=O)[nH]c1=O. The summed E-state index contributed by atoms with van der Waals surface area (Å²) in [6.45, 7) is 1.65. The lowest BCUT2D eigenvalue weighted by Crippen LogP contribution is -2.33. The molecule has 0 radical (unpaired) electrons. The molecule has 1 fully saturated rings. The first kappa shape index (κ1) is 25.0. The summed E-state index contributed by atoms with van der Waals surface area (Å²) in [6.07, 6.45) is 5.42. The van der Waals surface area contributed by atoms with Crippen molar-refractivity contribution in [3.8, 4) is 0 Å². The first-order valence-electron chi connectivity index (χ1n) is 13.3. The first-order valence-corrected chi connectivity index (χ1v) is 13.3. The van der Waals surface area contributed by atoms with Crippen LogP contribution in [0.2, 0.25) is 0 Å². The Hall–Kier alpha value is -5.00. The van der Waals surface area contributed by atoms with Crippen LogP contribution >= 0.6 is 0 Å². The zero-order valence-corrected chi connectivity index (χ0v) is 22.1. The van der Waals surface area contributed by atoms with E-state index in [-0.39, 0.29) is 13.0 Å². The number of nitrogens with one attached hydrogen (secondary N) is 5. The molecular weight excluding hydrogens is 524 g/mol. The molecule has 2 aliphatic heterocycles. The number of hydrogen-bond donors (Lipinski definition) is 6. The maximum Gasteiger partial charge on any atom is 0.330 e. The van der Waals surface area contributed by atoms with Gasteiger partial charge in [0.1, 0.15) is 18.9 Å². The molecule has 6 N–H and O–H groups in total. The Morgan fingerprint density at radius 1 is 0.854 bits per heavy atom. The zero-order valence-electron chi connectivity index (χ0n) is 22.1. The lowest BCUT2D eigenvalue weighted by molar-refractivity contribution is -0.0459. The van der Waals surface area contributed by atoms with Crippen LogP contribution in [0.15, 0.2) is 64.3 Å². The summed E-state index contributed by atoms with van der Waals surface area (Å²) in [5.74, 6) is 0.556. The van der Waals surface area contributed by atoms with Crippen LogP contribution in [0.1, 0.15) is 41.0 Å². The Morgan fingerprint density at radius 2 is 1.51 bits per heavy atom. The fourth-order valence-electron chi connectivity index (χ4n) is 5.26. The van der Waals surface area contributed by atoms with E-state index in [4.69, 9.17) is 9.47 Å². The number of aliphatic hydroxyl groups is 1. The summed E-state index contributed by atoms with van der Waals surface area (Å²) < 4.78 is 13.7. The van der Waals surface area contributed by atoms with Gasteiger partial charge in [-0.1, -0.05) is 0 Å². The predicted octanol–water partition coefficient (Wildman–Crippen LogP) is -0.521. The van der Waals surface area contributed by atoms with E-state index < -0.39 is 29.7 Å². The van der Waals surface area contributed by atoms with Gasteiger partial charge in [-0.15, -0.1) is 0 Å². The molecule has 11 heteroatoms. The highest BCUT2D eigenvalue weighted by atomic mass is 16.6. The molecule has 208 valence electrons. The molecule has 0 amide bonds. The van der Waals surface area contributed by atoms with Gasteiger partial charge in [-0.3, -0.25) is 14.3 Å². The van der Waals surface area contributed by atoms with Crippen LogP contribution in [0.4, 0.5) is 0 Å². The Bertz CT molecular complexity index is 2120. The molecule has 0 spiro atoms. The highest BCUT2D eigenvalue weighted by Gasteiger charge is 2.36. The van der Waals surface area contributed by atoms with Crippen molar-refractivity contribution in [2.24, 2.45) is 0 Å². The van der Waals surface area contributed by atoms with Gasteiger partial charge in [0.2, 0.25) is 0 Å². The maximum absolute atomic E-state index is 12.4. The minimum atomic E-state index is -0.869. The smallest absolute Gasteiger partial charge is 0.330 e. The normalized spacial score (nSPS) is 19.9. The second-order valence-corrected chi connectivity index (χ2v) is 10.4. The molecule has 8 bridgehead atoms. The number of rotatable bonds is 4. The number of aromatic amines is 5. The average Bonchev–Trinajstić information content (AvgIpc) is 3.77. The number of fused-ring (bicyclic) bond motifs is 8. The van der Waals surface area contributed by atoms with Gasteiger partial charge >= 0.3 is 5.69 Å². The molecule has 7 rings (SSSR count). The van der Waals surface area contributed by atoms with Gasteiger partial charge in [-0.25, -0.2) is 4.79 Å². The topological polar surface area (TPSA) is 157 Å². The second kappa shape index (κ2) is 9.88. The van der Waals surface area contributed by atoms with Gasteiger partial charge in [0.25, 0.3) is 5.56 Å². The molecule has 41 heavy (non-hydrogen) atoms. The molecule has 0 unspecified atom stereocenters. The maximum atomic E-state index is 12.4.